The normalized spacial score (nSPS) is 24.4. The highest BCUT2D eigenvalue weighted by molar-refractivity contribution is 5.28. The van der Waals surface area contributed by atoms with Gasteiger partial charge < -0.3 is 0 Å². The fourth-order valence-corrected chi connectivity index (χ4v) is 1.41. The number of fused-ring (bicyclic) bond motifs is 1. The zero-order chi connectivity index (χ0) is 8.60. The summed E-state index contributed by atoms with van der Waals surface area (Å²) in [7, 11) is 0. The lowest BCUT2D eigenvalue weighted by Crippen LogP contribution is -2.00. The smallest absolute Gasteiger partial charge is 0.0316 e. The van der Waals surface area contributed by atoms with Gasteiger partial charge in [-0.2, -0.15) is 0 Å². The highest BCUT2D eigenvalue weighted by atomic mass is 14.1. The average molecular weight is 134 g/mol. The molecule has 0 aromatic heterocycles. The first-order valence-electron chi connectivity index (χ1n) is 4.78. The van der Waals surface area contributed by atoms with E-state index in [2.05, 4.69) is 0 Å². The van der Waals surface area contributed by atoms with E-state index in [1.165, 1.54) is 5.56 Å². The van der Waals surface area contributed by atoms with E-state index in [1.54, 1.807) is 0 Å². The Kier molecular flexibility index (Phi) is 1.02. The van der Waals surface area contributed by atoms with Gasteiger partial charge in [0, 0.05) is 2.74 Å². The third-order valence-electron chi connectivity index (χ3n) is 1.96. The van der Waals surface area contributed by atoms with Gasteiger partial charge in [-0.15, -0.1) is 0 Å². The van der Waals surface area contributed by atoms with E-state index in [9.17, 15) is 0 Å². The van der Waals surface area contributed by atoms with Crippen molar-refractivity contribution in [3.8, 4) is 0 Å². The number of rotatable bonds is 0. The van der Waals surface area contributed by atoms with Gasteiger partial charge in [-0.1, -0.05) is 24.3 Å². The number of hydrogen-bond acceptors (Lipinski definition) is 0. The van der Waals surface area contributed by atoms with Crippen molar-refractivity contribution in [2.45, 2.75) is 25.6 Å². The third-order valence-corrected chi connectivity index (χ3v) is 1.96. The summed E-state index contributed by atoms with van der Waals surface area (Å²) in [4.78, 5) is 0. The molecule has 0 nitrogen and oxygen atoms in total. The molecule has 0 radical (unpaired) electrons. The van der Waals surface area contributed by atoms with Crippen molar-refractivity contribution >= 4 is 0 Å². The summed E-state index contributed by atoms with van der Waals surface area (Å²) >= 11 is 0. The number of hydrogen-bond donors (Lipinski definition) is 0. The van der Waals surface area contributed by atoms with Crippen LogP contribution in [-0.4, -0.2) is 0 Å². The molecule has 52 valence electrons. The van der Waals surface area contributed by atoms with Crippen molar-refractivity contribution in [3.63, 3.8) is 0 Å². The minimum atomic E-state index is -1.09. The Morgan fingerprint density at radius 1 is 1.10 bits per heavy atom. The van der Waals surface area contributed by atoms with Crippen molar-refractivity contribution in [2.75, 3.05) is 0 Å². The fraction of sp³-hybridized carbons (Fsp3) is 0.400. The second-order valence-electron chi connectivity index (χ2n) is 2.69. The second kappa shape index (κ2) is 2.45. The Labute approximate surface area is 64.7 Å². The molecule has 0 amide bonds. The van der Waals surface area contributed by atoms with Crippen LogP contribution in [0.1, 0.15) is 26.7 Å². The Hall–Kier alpha value is -0.780. The molecule has 0 atom stereocenters. The SMILES string of the molecule is [2H]C1([2H])CCCc2ccccc21. The van der Waals surface area contributed by atoms with Crippen LogP contribution in [0.15, 0.2) is 24.3 Å². The monoisotopic (exact) mass is 134 g/mol. The molecule has 1 aromatic carbocycles. The van der Waals surface area contributed by atoms with Crippen molar-refractivity contribution in [3.05, 3.63) is 35.4 Å². The quantitative estimate of drug-likeness (QED) is 0.511. The number of benzene rings is 1. The molecule has 10 heavy (non-hydrogen) atoms. The van der Waals surface area contributed by atoms with Gasteiger partial charge in [0.1, 0.15) is 0 Å². The Morgan fingerprint density at radius 3 is 2.70 bits per heavy atom. The minimum Gasteiger partial charge on any atom is -0.0620 e. The predicted molar refractivity (Wildman–Crippen MR) is 43.1 cm³/mol. The summed E-state index contributed by atoms with van der Waals surface area (Å²) in [5.41, 5.74) is 2.09. The van der Waals surface area contributed by atoms with E-state index in [0.717, 1.165) is 18.4 Å². The molecule has 1 aliphatic rings. The van der Waals surface area contributed by atoms with E-state index in [-0.39, 0.29) is 0 Å². The van der Waals surface area contributed by atoms with Gasteiger partial charge in [0.2, 0.25) is 0 Å². The minimum absolute atomic E-state index is 0.671. The van der Waals surface area contributed by atoms with Crippen LogP contribution in [0.25, 0.3) is 0 Å². The Balaban J connectivity index is 2.52. The maximum atomic E-state index is 7.77. The third kappa shape index (κ3) is 0.942. The topological polar surface area (TPSA) is 0 Å². The number of aryl methyl sites for hydroxylation is 2. The molecule has 0 fully saturated rings. The molecule has 0 heteroatoms. The maximum absolute atomic E-state index is 7.77. The van der Waals surface area contributed by atoms with Crippen LogP contribution in [-0.2, 0) is 12.8 Å². The van der Waals surface area contributed by atoms with Crippen molar-refractivity contribution in [2.24, 2.45) is 0 Å². The van der Waals surface area contributed by atoms with Gasteiger partial charge in [-0.3, -0.25) is 0 Å². The second-order valence-corrected chi connectivity index (χ2v) is 2.69. The highest BCUT2D eigenvalue weighted by Crippen LogP contribution is 2.19. The average Bonchev–Trinajstić information content (AvgIpc) is 2.04. The molecule has 0 N–H and O–H groups in total. The lowest BCUT2D eigenvalue weighted by atomic mass is 9.92. The van der Waals surface area contributed by atoms with Gasteiger partial charge >= 0.3 is 0 Å². The molecule has 2 rings (SSSR count). The van der Waals surface area contributed by atoms with Crippen LogP contribution in [0.4, 0.5) is 0 Å². The lowest BCUT2D eigenvalue weighted by molar-refractivity contribution is 0.685. The predicted octanol–water partition coefficient (Wildman–Crippen LogP) is 2.57. The van der Waals surface area contributed by atoms with Crippen molar-refractivity contribution in [1.82, 2.24) is 0 Å². The molecule has 0 saturated carbocycles. The molecule has 0 bridgehead atoms. The molecule has 0 heterocycles. The van der Waals surface area contributed by atoms with Gasteiger partial charge in [-0.05, 0) is 36.8 Å². The largest absolute Gasteiger partial charge is 0.0620 e. The first-order valence-corrected chi connectivity index (χ1v) is 3.78. The summed E-state index contributed by atoms with van der Waals surface area (Å²) in [5, 5.41) is 0. The fourth-order valence-electron chi connectivity index (χ4n) is 1.41. The highest BCUT2D eigenvalue weighted by Gasteiger charge is 2.05. The van der Waals surface area contributed by atoms with Crippen LogP contribution >= 0.6 is 0 Å². The van der Waals surface area contributed by atoms with Gasteiger partial charge in [0.15, 0.2) is 0 Å². The zero-order valence-corrected chi connectivity index (χ0v) is 5.93. The summed E-state index contributed by atoms with van der Waals surface area (Å²) in [6.45, 7) is 0. The summed E-state index contributed by atoms with van der Waals surface area (Å²) < 4.78 is 15.5. The van der Waals surface area contributed by atoms with Crippen LogP contribution < -0.4 is 0 Å². The molecule has 1 aliphatic carbocycles. The molecule has 0 unspecified atom stereocenters. The molecule has 0 aliphatic heterocycles. The lowest BCUT2D eigenvalue weighted by Gasteiger charge is -2.13. The van der Waals surface area contributed by atoms with Gasteiger partial charge in [-0.25, -0.2) is 0 Å². The standard InChI is InChI=1S/C10H12/c1-2-6-10-8-4-3-7-9(10)5-1/h1-2,5-6H,3-4,7-8H2/i7D2. The molecular formula is C10H12. The van der Waals surface area contributed by atoms with E-state index in [1.807, 2.05) is 24.3 Å². The summed E-state index contributed by atoms with van der Waals surface area (Å²) in [6, 6.07) is 7.85. The van der Waals surface area contributed by atoms with Crippen LogP contribution in [0.5, 0.6) is 0 Å². The zero-order valence-electron chi connectivity index (χ0n) is 7.93. The van der Waals surface area contributed by atoms with Crippen molar-refractivity contribution < 1.29 is 2.74 Å². The van der Waals surface area contributed by atoms with Gasteiger partial charge in [0.05, 0.1) is 0 Å². The summed E-state index contributed by atoms with van der Waals surface area (Å²) in [5.74, 6) is 0. The van der Waals surface area contributed by atoms with E-state index in [0.29, 0.717) is 6.42 Å². The van der Waals surface area contributed by atoms with E-state index < -0.39 is 6.37 Å². The maximum Gasteiger partial charge on any atom is 0.0316 e. The molecule has 0 spiro atoms. The molecule has 0 saturated heterocycles. The molecule has 1 aromatic rings. The van der Waals surface area contributed by atoms with E-state index in [4.69, 9.17) is 2.74 Å². The van der Waals surface area contributed by atoms with Crippen LogP contribution in [0.3, 0.4) is 0 Å². The first-order chi connectivity index (χ1) is 5.70. The van der Waals surface area contributed by atoms with Crippen molar-refractivity contribution in [1.29, 1.82) is 0 Å². The first kappa shape index (κ1) is 4.17. The van der Waals surface area contributed by atoms with E-state index >= 15 is 0 Å². The summed E-state index contributed by atoms with van der Waals surface area (Å²) in [6.07, 6.45) is 1.60. The Morgan fingerprint density at radius 2 is 1.90 bits per heavy atom. The molecular weight excluding hydrogens is 120 g/mol. The van der Waals surface area contributed by atoms with Gasteiger partial charge in [0.25, 0.3) is 0 Å². The Bertz CT molecular complexity index is 292. The van der Waals surface area contributed by atoms with Crippen LogP contribution in [0, 0.1) is 0 Å². The van der Waals surface area contributed by atoms with Crippen LogP contribution in [0.2, 0.25) is 0 Å².